The van der Waals surface area contributed by atoms with Gasteiger partial charge in [0, 0.05) is 31.0 Å². The third kappa shape index (κ3) is 3.77. The topological polar surface area (TPSA) is 38.8 Å². The number of halogens is 2. The molecule has 132 valence electrons. The van der Waals surface area contributed by atoms with Gasteiger partial charge < -0.3 is 14.4 Å². The van der Waals surface area contributed by atoms with Crippen LogP contribution in [0.4, 0.5) is 9.18 Å². The highest BCUT2D eigenvalue weighted by molar-refractivity contribution is 6.30. The van der Waals surface area contributed by atoms with Gasteiger partial charge in [0.15, 0.2) is 0 Å². The van der Waals surface area contributed by atoms with E-state index in [1.54, 1.807) is 6.07 Å². The first-order valence-corrected chi connectivity index (χ1v) is 8.74. The van der Waals surface area contributed by atoms with E-state index in [0.29, 0.717) is 5.75 Å². The number of carbonyl (C=O) groups excluding carboxylic acids is 1. The fourth-order valence-corrected chi connectivity index (χ4v) is 3.75. The van der Waals surface area contributed by atoms with Crippen LogP contribution in [0.15, 0.2) is 18.2 Å². The quantitative estimate of drug-likeness (QED) is 0.765. The van der Waals surface area contributed by atoms with Crippen molar-refractivity contribution in [3.63, 3.8) is 0 Å². The number of hydrogen-bond donors (Lipinski definition) is 0. The summed E-state index contributed by atoms with van der Waals surface area (Å²) in [5.41, 5.74) is -0.491. The third-order valence-corrected chi connectivity index (χ3v) is 4.78. The number of nitrogens with zero attached hydrogens (tertiary/aromatic N) is 1. The van der Waals surface area contributed by atoms with Gasteiger partial charge in [-0.2, -0.15) is 0 Å². The van der Waals surface area contributed by atoms with Crippen LogP contribution in [-0.2, 0) is 4.74 Å². The van der Waals surface area contributed by atoms with Gasteiger partial charge in [-0.25, -0.2) is 9.18 Å². The minimum Gasteiger partial charge on any atom is -0.490 e. The van der Waals surface area contributed by atoms with E-state index >= 15 is 0 Å². The molecule has 6 heteroatoms. The first-order valence-electron chi connectivity index (χ1n) is 8.36. The number of rotatable bonds is 2. The van der Waals surface area contributed by atoms with E-state index in [4.69, 9.17) is 21.1 Å². The minimum atomic E-state index is -0.491. The molecule has 2 bridgehead atoms. The molecule has 2 aliphatic heterocycles. The third-order valence-electron chi connectivity index (χ3n) is 4.49. The maximum absolute atomic E-state index is 13.2. The van der Waals surface area contributed by atoms with Crippen LogP contribution < -0.4 is 4.74 Å². The summed E-state index contributed by atoms with van der Waals surface area (Å²) in [5, 5.41) is 0.0571. The Kier molecular flexibility index (Phi) is 4.65. The Morgan fingerprint density at radius 1 is 1.25 bits per heavy atom. The van der Waals surface area contributed by atoms with Gasteiger partial charge >= 0.3 is 6.09 Å². The molecule has 24 heavy (non-hydrogen) atoms. The fourth-order valence-electron chi connectivity index (χ4n) is 3.58. The van der Waals surface area contributed by atoms with E-state index in [-0.39, 0.29) is 29.3 Å². The molecule has 1 unspecified atom stereocenters. The Bertz CT molecular complexity index is 617. The molecule has 0 aromatic heterocycles. The van der Waals surface area contributed by atoms with Crippen LogP contribution in [0.1, 0.15) is 46.5 Å². The number of benzene rings is 1. The van der Waals surface area contributed by atoms with Crippen molar-refractivity contribution in [3.8, 4) is 5.75 Å². The van der Waals surface area contributed by atoms with Gasteiger partial charge in [0.25, 0.3) is 0 Å². The van der Waals surface area contributed by atoms with Crippen LogP contribution in [0.2, 0.25) is 5.02 Å². The molecule has 1 aromatic rings. The SMILES string of the molecule is CC(C)(C)OC(=O)N1[C@@H]2CC[C@H]1CC(Oc1ccc(F)c(Cl)c1)C2. The van der Waals surface area contributed by atoms with E-state index in [1.807, 2.05) is 25.7 Å². The molecular weight excluding hydrogens is 333 g/mol. The molecule has 3 atom stereocenters. The molecule has 0 radical (unpaired) electrons. The molecule has 0 spiro atoms. The van der Waals surface area contributed by atoms with Crippen LogP contribution in [0.25, 0.3) is 0 Å². The van der Waals surface area contributed by atoms with Gasteiger partial charge in [-0.15, -0.1) is 0 Å². The van der Waals surface area contributed by atoms with E-state index in [0.717, 1.165) is 25.7 Å². The lowest BCUT2D eigenvalue weighted by atomic mass is 10.00. The summed E-state index contributed by atoms with van der Waals surface area (Å²) >= 11 is 5.80. The van der Waals surface area contributed by atoms with Crippen LogP contribution in [0, 0.1) is 5.82 Å². The van der Waals surface area contributed by atoms with E-state index in [1.165, 1.54) is 12.1 Å². The van der Waals surface area contributed by atoms with Gasteiger partial charge in [0.1, 0.15) is 23.3 Å². The highest BCUT2D eigenvalue weighted by atomic mass is 35.5. The molecule has 2 saturated heterocycles. The largest absolute Gasteiger partial charge is 0.490 e. The molecule has 0 aliphatic carbocycles. The summed E-state index contributed by atoms with van der Waals surface area (Å²) in [6, 6.07) is 4.67. The highest BCUT2D eigenvalue weighted by Gasteiger charge is 2.45. The van der Waals surface area contributed by atoms with Gasteiger partial charge in [-0.05, 0) is 45.7 Å². The summed E-state index contributed by atoms with van der Waals surface area (Å²) in [6.07, 6.45) is 3.21. The van der Waals surface area contributed by atoms with Gasteiger partial charge in [0.2, 0.25) is 0 Å². The van der Waals surface area contributed by atoms with E-state index in [2.05, 4.69) is 0 Å². The van der Waals surface area contributed by atoms with Gasteiger partial charge in [-0.1, -0.05) is 11.6 Å². The van der Waals surface area contributed by atoms with Crippen molar-refractivity contribution >= 4 is 17.7 Å². The molecule has 1 aromatic carbocycles. The summed E-state index contributed by atoms with van der Waals surface area (Å²) in [4.78, 5) is 14.3. The van der Waals surface area contributed by atoms with Crippen molar-refractivity contribution in [1.29, 1.82) is 0 Å². The zero-order chi connectivity index (χ0) is 17.5. The standard InChI is InChI=1S/C18H23ClFNO3/c1-18(2,3)24-17(22)21-11-4-5-12(21)9-14(8-11)23-13-6-7-16(20)15(19)10-13/h6-7,10-12,14H,4-5,8-9H2,1-3H3/t11-,12+,14?. The zero-order valence-electron chi connectivity index (χ0n) is 14.2. The average molecular weight is 356 g/mol. The van der Waals surface area contributed by atoms with E-state index in [9.17, 15) is 9.18 Å². The molecule has 1 amide bonds. The lowest BCUT2D eigenvalue weighted by molar-refractivity contribution is -0.00708. The molecule has 2 fully saturated rings. The Balaban J connectivity index is 1.64. The monoisotopic (exact) mass is 355 g/mol. The van der Waals surface area contributed by atoms with Crippen LogP contribution in [0.5, 0.6) is 5.75 Å². The van der Waals surface area contributed by atoms with Crippen LogP contribution in [-0.4, -0.2) is 34.8 Å². The van der Waals surface area contributed by atoms with Gasteiger partial charge in [-0.3, -0.25) is 0 Å². The number of fused-ring (bicyclic) bond motifs is 2. The lowest BCUT2D eigenvalue weighted by Crippen LogP contribution is -2.50. The average Bonchev–Trinajstić information content (AvgIpc) is 2.73. The lowest BCUT2D eigenvalue weighted by Gasteiger charge is -2.39. The first kappa shape index (κ1) is 17.3. The van der Waals surface area contributed by atoms with Crippen LogP contribution in [0.3, 0.4) is 0 Å². The van der Waals surface area contributed by atoms with Crippen molar-refractivity contribution in [2.75, 3.05) is 0 Å². The van der Waals surface area contributed by atoms with Crippen LogP contribution >= 0.6 is 11.6 Å². The van der Waals surface area contributed by atoms with Crippen molar-refractivity contribution in [3.05, 3.63) is 29.0 Å². The molecule has 3 rings (SSSR count). The Morgan fingerprint density at radius 2 is 1.88 bits per heavy atom. The molecule has 0 N–H and O–H groups in total. The highest BCUT2D eigenvalue weighted by Crippen LogP contribution is 2.38. The summed E-state index contributed by atoms with van der Waals surface area (Å²) < 4.78 is 24.7. The molecule has 2 heterocycles. The molecular formula is C18H23ClFNO3. The van der Waals surface area contributed by atoms with Crippen molar-refractivity contribution in [2.24, 2.45) is 0 Å². The first-order chi connectivity index (χ1) is 11.2. The molecule has 2 aliphatic rings. The molecule has 0 saturated carbocycles. The summed E-state index contributed by atoms with van der Waals surface area (Å²) in [6.45, 7) is 5.63. The van der Waals surface area contributed by atoms with Crippen molar-refractivity contribution < 1.29 is 18.7 Å². The number of piperidine rings is 1. The normalized spacial score (nSPS) is 26.4. The molecule has 4 nitrogen and oxygen atoms in total. The maximum Gasteiger partial charge on any atom is 0.410 e. The number of hydrogen-bond acceptors (Lipinski definition) is 3. The second-order valence-electron chi connectivity index (χ2n) is 7.56. The number of amides is 1. The number of ether oxygens (including phenoxy) is 2. The Morgan fingerprint density at radius 3 is 2.42 bits per heavy atom. The second kappa shape index (κ2) is 6.43. The maximum atomic E-state index is 13.2. The van der Waals surface area contributed by atoms with Crippen molar-refractivity contribution in [1.82, 2.24) is 4.90 Å². The predicted octanol–water partition coefficient (Wildman–Crippen LogP) is 4.79. The fraction of sp³-hybridized carbons (Fsp3) is 0.611. The Labute approximate surface area is 146 Å². The smallest absolute Gasteiger partial charge is 0.410 e. The summed E-state index contributed by atoms with van der Waals surface area (Å²) in [5.74, 6) is 0.111. The zero-order valence-corrected chi connectivity index (χ0v) is 15.0. The second-order valence-corrected chi connectivity index (χ2v) is 7.97. The Hall–Kier alpha value is -1.49. The van der Waals surface area contributed by atoms with E-state index < -0.39 is 11.4 Å². The number of carbonyl (C=O) groups is 1. The van der Waals surface area contributed by atoms with Gasteiger partial charge in [0.05, 0.1) is 5.02 Å². The minimum absolute atomic E-state index is 0.00251. The summed E-state index contributed by atoms with van der Waals surface area (Å²) in [7, 11) is 0. The van der Waals surface area contributed by atoms with Crippen molar-refractivity contribution in [2.45, 2.75) is 70.2 Å². The predicted molar refractivity (Wildman–Crippen MR) is 89.9 cm³/mol.